The van der Waals surface area contributed by atoms with Crippen molar-refractivity contribution in [3.05, 3.63) is 222 Å². The molecular weight excluding hydrogens is 767 g/mol. The van der Waals surface area contributed by atoms with Crippen molar-refractivity contribution in [2.24, 2.45) is 0 Å². The molecule has 0 radical (unpaired) electrons. The number of hydrogen-bond donors (Lipinski definition) is 0. The van der Waals surface area contributed by atoms with Gasteiger partial charge in [0, 0.05) is 61.6 Å². The zero-order valence-electron chi connectivity index (χ0n) is 35.2. The molecule has 2 aliphatic rings. The van der Waals surface area contributed by atoms with Crippen LogP contribution >= 0.6 is 0 Å². The van der Waals surface area contributed by atoms with Gasteiger partial charge in [-0.1, -0.05) is 141 Å². The van der Waals surface area contributed by atoms with E-state index in [4.69, 9.17) is 8.83 Å². The molecule has 0 saturated carbocycles. The van der Waals surface area contributed by atoms with Crippen molar-refractivity contribution in [1.82, 2.24) is 0 Å². The number of fused-ring (bicyclic) bond motifs is 12. The second-order valence-corrected chi connectivity index (χ2v) is 17.9. The Balaban J connectivity index is 1.08. The van der Waals surface area contributed by atoms with Crippen LogP contribution in [0.2, 0.25) is 0 Å². The van der Waals surface area contributed by atoms with E-state index in [2.05, 4.69) is 207 Å². The fraction of sp³-hybridized carbons (Fsp3) is 0.100. The molecular formula is C60H43NO2. The average molecular weight is 810 g/mol. The Morgan fingerprint density at radius 1 is 0.460 bits per heavy atom. The molecule has 13 rings (SSSR count). The van der Waals surface area contributed by atoms with Gasteiger partial charge in [0.2, 0.25) is 0 Å². The smallest absolute Gasteiger partial charge is 0.137 e. The van der Waals surface area contributed by atoms with Crippen LogP contribution in [0.1, 0.15) is 54.0 Å². The second-order valence-electron chi connectivity index (χ2n) is 17.9. The van der Waals surface area contributed by atoms with Crippen molar-refractivity contribution in [3.63, 3.8) is 0 Å². The normalized spacial score (nSPS) is 15.0. The third-order valence-corrected chi connectivity index (χ3v) is 14.1. The number of aryl methyl sites for hydroxylation is 1. The number of rotatable bonds is 5. The summed E-state index contributed by atoms with van der Waals surface area (Å²) in [6.07, 6.45) is 1.87. The quantitative estimate of drug-likeness (QED) is 0.173. The first kappa shape index (κ1) is 36.1. The highest BCUT2D eigenvalue weighted by Gasteiger charge is 2.36. The highest BCUT2D eigenvalue weighted by Crippen LogP contribution is 2.54. The van der Waals surface area contributed by atoms with Crippen LogP contribution in [0.3, 0.4) is 0 Å². The Kier molecular flexibility index (Phi) is 7.84. The number of benzene rings is 9. The van der Waals surface area contributed by atoms with Gasteiger partial charge in [-0.15, -0.1) is 0 Å². The summed E-state index contributed by atoms with van der Waals surface area (Å²) in [7, 11) is 0. The Bertz CT molecular complexity index is 3610. The molecule has 2 aliphatic carbocycles. The molecule has 9 aromatic carbocycles. The molecule has 0 spiro atoms. The van der Waals surface area contributed by atoms with Gasteiger partial charge in [-0.3, -0.25) is 0 Å². The molecule has 0 bridgehead atoms. The first-order valence-electron chi connectivity index (χ1n) is 22.2. The third-order valence-electron chi connectivity index (χ3n) is 14.1. The van der Waals surface area contributed by atoms with Gasteiger partial charge in [-0.2, -0.15) is 0 Å². The maximum absolute atomic E-state index is 6.79. The SMILES string of the molecule is CC1(C)c2ccccc2-c2ccc(-c3c4c(cc5oc6ccccc6c35)CCC(c3ccccc3)c3cc(N(c5ccccc5)c5ccc6c(c5)oc5ccccc56)ccc3-4)cc21. The van der Waals surface area contributed by atoms with E-state index in [1.807, 2.05) is 6.07 Å². The van der Waals surface area contributed by atoms with Crippen LogP contribution in [0.15, 0.2) is 203 Å². The van der Waals surface area contributed by atoms with Crippen molar-refractivity contribution >= 4 is 60.9 Å². The lowest BCUT2D eigenvalue weighted by atomic mass is 9.80. The van der Waals surface area contributed by atoms with Gasteiger partial charge in [0.1, 0.15) is 22.3 Å². The van der Waals surface area contributed by atoms with Crippen molar-refractivity contribution in [3.8, 4) is 33.4 Å². The Morgan fingerprint density at radius 2 is 1.10 bits per heavy atom. The van der Waals surface area contributed by atoms with Crippen LogP contribution in [-0.4, -0.2) is 0 Å². The Labute approximate surface area is 366 Å². The summed E-state index contributed by atoms with van der Waals surface area (Å²) >= 11 is 0. The lowest BCUT2D eigenvalue weighted by Gasteiger charge is -2.28. The predicted octanol–water partition coefficient (Wildman–Crippen LogP) is 16.7. The topological polar surface area (TPSA) is 29.5 Å². The molecule has 1 unspecified atom stereocenters. The van der Waals surface area contributed by atoms with Crippen LogP contribution in [-0.2, 0) is 11.8 Å². The van der Waals surface area contributed by atoms with Crippen LogP contribution < -0.4 is 4.90 Å². The summed E-state index contributed by atoms with van der Waals surface area (Å²) in [4.78, 5) is 2.38. The fourth-order valence-corrected chi connectivity index (χ4v) is 11.2. The maximum atomic E-state index is 6.79. The Hall–Kier alpha value is -7.62. The van der Waals surface area contributed by atoms with E-state index in [1.165, 1.54) is 66.6 Å². The summed E-state index contributed by atoms with van der Waals surface area (Å²) in [6, 6.07) is 71.1. The first-order chi connectivity index (χ1) is 31.0. The van der Waals surface area contributed by atoms with Gasteiger partial charge in [-0.25, -0.2) is 0 Å². The fourth-order valence-electron chi connectivity index (χ4n) is 11.2. The minimum Gasteiger partial charge on any atom is -0.456 e. The van der Waals surface area contributed by atoms with E-state index in [0.717, 1.165) is 68.4 Å². The van der Waals surface area contributed by atoms with E-state index in [-0.39, 0.29) is 11.3 Å². The summed E-state index contributed by atoms with van der Waals surface area (Å²) in [5.41, 5.74) is 21.2. The summed E-state index contributed by atoms with van der Waals surface area (Å²) in [5, 5.41) is 4.57. The average Bonchev–Trinajstić information content (AvgIpc) is 3.92. The van der Waals surface area contributed by atoms with Gasteiger partial charge >= 0.3 is 0 Å². The zero-order chi connectivity index (χ0) is 41.8. The van der Waals surface area contributed by atoms with Gasteiger partial charge in [-0.05, 0) is 129 Å². The lowest BCUT2D eigenvalue weighted by molar-refractivity contribution is 0.660. The molecule has 3 heteroatoms. The van der Waals surface area contributed by atoms with Crippen LogP contribution in [0.4, 0.5) is 17.1 Å². The number of hydrogen-bond acceptors (Lipinski definition) is 3. The van der Waals surface area contributed by atoms with Crippen molar-refractivity contribution in [1.29, 1.82) is 0 Å². The number of furan rings is 2. The molecule has 11 aromatic rings. The first-order valence-corrected chi connectivity index (χ1v) is 22.2. The van der Waals surface area contributed by atoms with Gasteiger partial charge in [0.25, 0.3) is 0 Å². The molecule has 63 heavy (non-hydrogen) atoms. The molecule has 3 nitrogen and oxygen atoms in total. The van der Waals surface area contributed by atoms with Crippen LogP contribution in [0, 0.1) is 0 Å². The van der Waals surface area contributed by atoms with Crippen molar-refractivity contribution in [2.45, 2.75) is 38.0 Å². The van der Waals surface area contributed by atoms with E-state index in [1.54, 1.807) is 0 Å². The molecule has 1 atom stereocenters. The molecule has 2 aromatic heterocycles. The summed E-state index contributed by atoms with van der Waals surface area (Å²) < 4.78 is 13.3. The zero-order valence-corrected chi connectivity index (χ0v) is 35.2. The van der Waals surface area contributed by atoms with Crippen molar-refractivity contribution < 1.29 is 8.83 Å². The highest BCUT2D eigenvalue weighted by molar-refractivity contribution is 6.17. The van der Waals surface area contributed by atoms with E-state index in [0.29, 0.717) is 0 Å². The van der Waals surface area contributed by atoms with Crippen LogP contribution in [0.5, 0.6) is 0 Å². The third kappa shape index (κ3) is 5.46. The van der Waals surface area contributed by atoms with Gasteiger partial charge in [0.15, 0.2) is 0 Å². The summed E-state index contributed by atoms with van der Waals surface area (Å²) in [5.74, 6) is 0.161. The van der Waals surface area contributed by atoms with Gasteiger partial charge < -0.3 is 13.7 Å². The van der Waals surface area contributed by atoms with E-state index < -0.39 is 0 Å². The number of para-hydroxylation sites is 3. The van der Waals surface area contributed by atoms with Gasteiger partial charge in [0.05, 0.1) is 0 Å². The summed E-state index contributed by atoms with van der Waals surface area (Å²) in [6.45, 7) is 4.75. The molecule has 0 N–H and O–H groups in total. The number of nitrogens with zero attached hydrogens (tertiary/aromatic N) is 1. The second kappa shape index (κ2) is 13.7. The monoisotopic (exact) mass is 809 g/mol. The molecule has 0 saturated heterocycles. The molecule has 2 heterocycles. The van der Waals surface area contributed by atoms with Crippen LogP contribution in [0.25, 0.3) is 77.3 Å². The molecule has 0 aliphatic heterocycles. The maximum Gasteiger partial charge on any atom is 0.137 e. The lowest BCUT2D eigenvalue weighted by Crippen LogP contribution is -2.15. The standard InChI is InChI=1S/C60H43NO2/c1-60(2)51-22-12-9-19-44(51)45-30-26-38(33-52(45)60)58-57-39(34-56-59(58)49-21-11-14-24-54(49)63-56)25-29-43(37-15-5-3-6-16-37)50-35-41(28-32-48(50)57)61(40-17-7-4-8-18-40)42-27-31-47-46-20-10-13-23-53(46)62-55(47)36-42/h3-24,26-28,30-36,43H,25,29H2,1-2H3. The predicted molar refractivity (Wildman–Crippen MR) is 261 cm³/mol. The minimum absolute atomic E-state index is 0.136. The molecule has 0 amide bonds. The minimum atomic E-state index is -0.136. The number of anilines is 3. The molecule has 0 fully saturated rings. The molecule has 300 valence electrons. The Morgan fingerprint density at radius 3 is 1.94 bits per heavy atom. The van der Waals surface area contributed by atoms with E-state index in [9.17, 15) is 0 Å². The highest BCUT2D eigenvalue weighted by atomic mass is 16.3. The van der Waals surface area contributed by atoms with E-state index >= 15 is 0 Å². The van der Waals surface area contributed by atoms with Crippen molar-refractivity contribution in [2.75, 3.05) is 4.90 Å². The largest absolute Gasteiger partial charge is 0.456 e.